The van der Waals surface area contributed by atoms with E-state index < -0.39 is 12.0 Å². The minimum atomic E-state index is -0.706. The lowest BCUT2D eigenvalue weighted by Gasteiger charge is -2.15. The van der Waals surface area contributed by atoms with Crippen molar-refractivity contribution in [3.05, 3.63) is 48.2 Å². The Kier molecular flexibility index (Phi) is 2.16. The molecular weight excluding hydrogens is 214 g/mol. The van der Waals surface area contributed by atoms with Gasteiger partial charge in [-0.25, -0.2) is 0 Å². The number of aromatic nitrogens is 1. The second-order valence-electron chi connectivity index (χ2n) is 4.44. The maximum absolute atomic E-state index is 11.8. The number of aliphatic hydroxyl groups excluding tert-OH is 1. The highest BCUT2D eigenvalue weighted by Gasteiger charge is 2.31. The Labute approximate surface area is 99.0 Å². The summed E-state index contributed by atoms with van der Waals surface area (Å²) in [5, 5.41) is 11.0. The molecule has 0 saturated carbocycles. The lowest BCUT2D eigenvalue weighted by atomic mass is 9.92. The van der Waals surface area contributed by atoms with Gasteiger partial charge in [0.1, 0.15) is 0 Å². The third-order valence-electron chi connectivity index (χ3n) is 3.37. The molecule has 1 aliphatic carbocycles. The second-order valence-corrected chi connectivity index (χ2v) is 4.44. The first-order valence-electron chi connectivity index (χ1n) is 5.62. The number of nitrogens with zero attached hydrogens (tertiary/aromatic N) is 1. The molecule has 1 aromatic heterocycles. The first kappa shape index (κ1) is 10.3. The molecule has 0 saturated heterocycles. The molecule has 17 heavy (non-hydrogen) atoms. The summed E-state index contributed by atoms with van der Waals surface area (Å²) in [5.41, 5.74) is 1.92. The van der Waals surface area contributed by atoms with E-state index in [2.05, 4.69) is 0 Å². The first-order valence-corrected chi connectivity index (χ1v) is 5.62. The van der Waals surface area contributed by atoms with Gasteiger partial charge in [-0.05, 0) is 23.1 Å². The van der Waals surface area contributed by atoms with Crippen molar-refractivity contribution in [1.29, 1.82) is 0 Å². The van der Waals surface area contributed by atoms with Crippen LogP contribution in [0.25, 0.3) is 10.9 Å². The van der Waals surface area contributed by atoms with Crippen LogP contribution in [0, 0.1) is 0 Å². The van der Waals surface area contributed by atoms with Gasteiger partial charge in [-0.1, -0.05) is 24.3 Å². The van der Waals surface area contributed by atoms with Gasteiger partial charge in [0.2, 0.25) is 0 Å². The van der Waals surface area contributed by atoms with Crippen molar-refractivity contribution >= 4 is 16.7 Å². The van der Waals surface area contributed by atoms with E-state index >= 15 is 0 Å². The highest BCUT2D eigenvalue weighted by atomic mass is 16.3. The maximum atomic E-state index is 11.8. The molecular formula is C14H13NO2. The predicted octanol–water partition coefficient (Wildman–Crippen LogP) is 1.76. The fraction of sp³-hybridized carbons (Fsp3) is 0.214. The van der Waals surface area contributed by atoms with Gasteiger partial charge < -0.3 is 9.67 Å². The van der Waals surface area contributed by atoms with Gasteiger partial charge in [0.15, 0.2) is 5.78 Å². The molecule has 3 nitrogen and oxygen atoms in total. The molecule has 0 amide bonds. The number of carbonyl (C=O) groups excluding carboxylic acids is 1. The fourth-order valence-electron chi connectivity index (χ4n) is 2.55. The molecule has 0 spiro atoms. The number of fused-ring (bicyclic) bond motifs is 1. The number of rotatable bonds is 1. The average molecular weight is 227 g/mol. The van der Waals surface area contributed by atoms with Crippen LogP contribution in [0.2, 0.25) is 0 Å². The van der Waals surface area contributed by atoms with Crippen LogP contribution in [0.4, 0.5) is 0 Å². The minimum absolute atomic E-state index is 0.0220. The molecule has 0 aliphatic heterocycles. The van der Waals surface area contributed by atoms with E-state index in [4.69, 9.17) is 0 Å². The number of carbonyl (C=O) groups is 1. The summed E-state index contributed by atoms with van der Waals surface area (Å²) in [4.78, 5) is 11.8. The number of allylic oxidation sites excluding steroid dienone is 1. The quantitative estimate of drug-likeness (QED) is 0.806. The Hall–Kier alpha value is -1.87. The molecule has 2 atom stereocenters. The van der Waals surface area contributed by atoms with E-state index in [1.165, 1.54) is 6.08 Å². The fourth-order valence-corrected chi connectivity index (χ4v) is 2.55. The van der Waals surface area contributed by atoms with E-state index in [1.807, 2.05) is 42.1 Å². The number of ketones is 1. The monoisotopic (exact) mass is 227 g/mol. The van der Waals surface area contributed by atoms with Crippen molar-refractivity contribution in [2.24, 2.45) is 7.05 Å². The van der Waals surface area contributed by atoms with Gasteiger partial charge >= 0.3 is 0 Å². The van der Waals surface area contributed by atoms with Gasteiger partial charge in [-0.2, -0.15) is 0 Å². The van der Waals surface area contributed by atoms with Crippen LogP contribution >= 0.6 is 0 Å². The SMILES string of the molecule is Cn1ccc2cccc([C@H]3C(=O)C=C[C@@H]3O)c21. The summed E-state index contributed by atoms with van der Waals surface area (Å²) >= 11 is 0. The van der Waals surface area contributed by atoms with E-state index in [0.717, 1.165) is 16.5 Å². The Bertz CT molecular complexity index is 624. The van der Waals surface area contributed by atoms with Crippen molar-refractivity contribution in [3.8, 4) is 0 Å². The molecule has 3 heteroatoms. The van der Waals surface area contributed by atoms with Crippen LogP contribution in [0.3, 0.4) is 0 Å². The molecule has 0 fully saturated rings. The Morgan fingerprint density at radius 2 is 2.12 bits per heavy atom. The van der Waals surface area contributed by atoms with Gasteiger partial charge in [-0.15, -0.1) is 0 Å². The van der Waals surface area contributed by atoms with Crippen molar-refractivity contribution < 1.29 is 9.90 Å². The molecule has 2 aromatic rings. The van der Waals surface area contributed by atoms with Crippen LogP contribution in [-0.2, 0) is 11.8 Å². The number of aliphatic hydroxyl groups is 1. The highest BCUT2D eigenvalue weighted by Crippen LogP contribution is 2.32. The summed E-state index contributed by atoms with van der Waals surface area (Å²) in [5.74, 6) is -0.474. The Morgan fingerprint density at radius 1 is 1.29 bits per heavy atom. The van der Waals surface area contributed by atoms with Gasteiger partial charge in [-0.3, -0.25) is 4.79 Å². The standard InChI is InChI=1S/C14H13NO2/c1-15-8-7-9-3-2-4-10(14(9)15)13-11(16)5-6-12(13)17/h2-8,11,13,16H,1H3/t11-,13+/m0/s1. The largest absolute Gasteiger partial charge is 0.388 e. The number of hydrogen-bond acceptors (Lipinski definition) is 2. The third kappa shape index (κ3) is 1.43. The van der Waals surface area contributed by atoms with Crippen LogP contribution in [0.1, 0.15) is 11.5 Å². The summed E-state index contributed by atoms with van der Waals surface area (Å²) in [6.45, 7) is 0. The number of benzene rings is 1. The molecule has 0 radical (unpaired) electrons. The predicted molar refractivity (Wildman–Crippen MR) is 65.8 cm³/mol. The van der Waals surface area contributed by atoms with E-state index in [-0.39, 0.29) is 5.78 Å². The molecule has 1 aliphatic rings. The van der Waals surface area contributed by atoms with Crippen molar-refractivity contribution in [2.75, 3.05) is 0 Å². The topological polar surface area (TPSA) is 42.2 Å². The van der Waals surface area contributed by atoms with Crippen LogP contribution in [-0.4, -0.2) is 21.6 Å². The van der Waals surface area contributed by atoms with E-state index in [1.54, 1.807) is 6.08 Å². The van der Waals surface area contributed by atoms with Crippen molar-refractivity contribution in [2.45, 2.75) is 12.0 Å². The van der Waals surface area contributed by atoms with Crippen LogP contribution < -0.4 is 0 Å². The third-order valence-corrected chi connectivity index (χ3v) is 3.37. The molecule has 0 bridgehead atoms. The second kappa shape index (κ2) is 3.57. The van der Waals surface area contributed by atoms with Crippen LogP contribution in [0.5, 0.6) is 0 Å². The van der Waals surface area contributed by atoms with Gasteiger partial charge in [0, 0.05) is 13.2 Å². The van der Waals surface area contributed by atoms with Crippen molar-refractivity contribution in [1.82, 2.24) is 4.57 Å². The number of para-hydroxylation sites is 1. The van der Waals surface area contributed by atoms with E-state index in [0.29, 0.717) is 0 Å². The van der Waals surface area contributed by atoms with Crippen molar-refractivity contribution in [3.63, 3.8) is 0 Å². The Balaban J connectivity index is 2.24. The average Bonchev–Trinajstić information content (AvgIpc) is 2.84. The van der Waals surface area contributed by atoms with Gasteiger partial charge in [0.05, 0.1) is 17.5 Å². The summed E-state index contributed by atoms with van der Waals surface area (Å²) in [6.07, 6.45) is 4.29. The lowest BCUT2D eigenvalue weighted by molar-refractivity contribution is -0.116. The molecule has 0 unspecified atom stereocenters. The molecule has 86 valence electrons. The molecule has 3 rings (SSSR count). The van der Waals surface area contributed by atoms with Crippen LogP contribution in [0.15, 0.2) is 42.6 Å². The van der Waals surface area contributed by atoms with Gasteiger partial charge in [0.25, 0.3) is 0 Å². The first-order chi connectivity index (χ1) is 8.18. The normalized spacial score (nSPS) is 23.8. The number of aryl methyl sites for hydroxylation is 1. The zero-order chi connectivity index (χ0) is 12.0. The summed E-state index contributed by atoms with van der Waals surface area (Å²) in [6, 6.07) is 7.87. The number of hydrogen-bond donors (Lipinski definition) is 1. The highest BCUT2D eigenvalue weighted by molar-refractivity contribution is 6.01. The smallest absolute Gasteiger partial charge is 0.165 e. The zero-order valence-corrected chi connectivity index (χ0v) is 9.50. The molecule has 1 heterocycles. The molecule has 1 aromatic carbocycles. The summed E-state index contributed by atoms with van der Waals surface area (Å²) < 4.78 is 1.99. The lowest BCUT2D eigenvalue weighted by Crippen LogP contribution is -2.18. The van der Waals surface area contributed by atoms with E-state index in [9.17, 15) is 9.90 Å². The minimum Gasteiger partial charge on any atom is -0.388 e. The summed E-state index contributed by atoms with van der Waals surface area (Å²) in [7, 11) is 1.95. The Morgan fingerprint density at radius 3 is 2.82 bits per heavy atom. The zero-order valence-electron chi connectivity index (χ0n) is 9.50. The molecule has 1 N–H and O–H groups in total. The maximum Gasteiger partial charge on any atom is 0.165 e.